The van der Waals surface area contributed by atoms with Gasteiger partial charge in [-0.15, -0.1) is 0 Å². The van der Waals surface area contributed by atoms with Gasteiger partial charge in [0.05, 0.1) is 15.9 Å². The van der Waals surface area contributed by atoms with Crippen LogP contribution in [0.2, 0.25) is 0 Å². The van der Waals surface area contributed by atoms with Gasteiger partial charge in [0, 0.05) is 42.5 Å². The van der Waals surface area contributed by atoms with E-state index in [0.29, 0.717) is 18.7 Å². The molecule has 0 spiro atoms. The quantitative estimate of drug-likeness (QED) is 0.586. The van der Waals surface area contributed by atoms with Gasteiger partial charge in [-0.2, -0.15) is 0 Å². The SMILES string of the molecule is O=[N+]([O-])c1ccc(N[C@@H](c2ccc([N+](=O)[O-])cc2)[C@@H]2CCCO[C@@H]2O)cc1. The minimum Gasteiger partial charge on any atom is -0.378 e. The van der Waals surface area contributed by atoms with E-state index in [4.69, 9.17) is 4.74 Å². The molecule has 3 atom stereocenters. The fourth-order valence-corrected chi connectivity index (χ4v) is 3.22. The molecule has 0 aromatic heterocycles. The van der Waals surface area contributed by atoms with Crippen molar-refractivity contribution in [2.75, 3.05) is 11.9 Å². The van der Waals surface area contributed by atoms with E-state index in [1.807, 2.05) is 0 Å². The fourth-order valence-electron chi connectivity index (χ4n) is 3.22. The molecule has 0 aliphatic carbocycles. The summed E-state index contributed by atoms with van der Waals surface area (Å²) in [5.74, 6) is -0.268. The fraction of sp³-hybridized carbons (Fsp3) is 0.333. The van der Waals surface area contributed by atoms with Gasteiger partial charge < -0.3 is 15.2 Å². The number of aliphatic hydroxyl groups excluding tert-OH is 1. The second kappa shape index (κ2) is 8.11. The van der Waals surface area contributed by atoms with E-state index in [1.165, 1.54) is 24.3 Å². The first kappa shape index (κ1) is 18.7. The molecule has 2 N–H and O–H groups in total. The monoisotopic (exact) mass is 373 g/mol. The van der Waals surface area contributed by atoms with E-state index in [9.17, 15) is 25.3 Å². The lowest BCUT2D eigenvalue weighted by Gasteiger charge is -2.35. The van der Waals surface area contributed by atoms with Crippen molar-refractivity contribution in [2.45, 2.75) is 25.2 Å². The van der Waals surface area contributed by atoms with E-state index in [0.717, 1.165) is 12.0 Å². The zero-order valence-corrected chi connectivity index (χ0v) is 14.4. The number of nitro benzene ring substituents is 2. The number of nitrogens with one attached hydrogen (secondary N) is 1. The minimum absolute atomic E-state index is 0.0199. The van der Waals surface area contributed by atoms with Crippen molar-refractivity contribution in [2.24, 2.45) is 5.92 Å². The standard InChI is InChI=1S/C18H19N3O6/c22-18-16(2-1-11-27-18)17(12-3-7-14(8-4-12)20(23)24)19-13-5-9-15(10-6-13)21(25)26/h3-10,16-19,22H,1-2,11H2/t16-,17-,18-/m0/s1. The lowest BCUT2D eigenvalue weighted by atomic mass is 9.87. The number of hydrogen-bond acceptors (Lipinski definition) is 7. The molecule has 0 bridgehead atoms. The van der Waals surface area contributed by atoms with E-state index in [-0.39, 0.29) is 23.3 Å². The minimum atomic E-state index is -0.968. The molecule has 9 nitrogen and oxygen atoms in total. The van der Waals surface area contributed by atoms with Gasteiger partial charge in [-0.05, 0) is 30.5 Å². The van der Waals surface area contributed by atoms with Crippen molar-refractivity contribution in [3.05, 3.63) is 74.3 Å². The second-order valence-electron chi connectivity index (χ2n) is 6.34. The number of rotatable bonds is 6. The molecule has 2 aromatic rings. The van der Waals surface area contributed by atoms with Crippen molar-refractivity contribution in [1.29, 1.82) is 0 Å². The van der Waals surface area contributed by atoms with Gasteiger partial charge in [0.25, 0.3) is 11.4 Å². The van der Waals surface area contributed by atoms with Gasteiger partial charge in [0.2, 0.25) is 0 Å². The molecule has 0 amide bonds. The van der Waals surface area contributed by atoms with Crippen LogP contribution >= 0.6 is 0 Å². The molecular weight excluding hydrogens is 354 g/mol. The Labute approximate surface area is 154 Å². The highest BCUT2D eigenvalue weighted by atomic mass is 16.6. The molecule has 1 fully saturated rings. The summed E-state index contributed by atoms with van der Waals surface area (Å²) in [5, 5.41) is 35.3. The molecule has 2 aromatic carbocycles. The molecular formula is C18H19N3O6. The average Bonchev–Trinajstić information content (AvgIpc) is 2.67. The van der Waals surface area contributed by atoms with Crippen molar-refractivity contribution in [3.8, 4) is 0 Å². The van der Waals surface area contributed by atoms with Crippen LogP contribution in [0, 0.1) is 26.1 Å². The predicted octanol–water partition coefficient (Wildman–Crippen LogP) is 3.40. The van der Waals surface area contributed by atoms with Crippen LogP contribution in [0.25, 0.3) is 0 Å². The summed E-state index contributed by atoms with van der Waals surface area (Å²) in [5.41, 5.74) is 1.36. The lowest BCUT2D eigenvalue weighted by molar-refractivity contribution is -0.385. The summed E-state index contributed by atoms with van der Waals surface area (Å²) < 4.78 is 5.36. The lowest BCUT2D eigenvalue weighted by Crippen LogP contribution is -2.36. The first-order valence-corrected chi connectivity index (χ1v) is 8.51. The highest BCUT2D eigenvalue weighted by molar-refractivity contribution is 5.50. The molecule has 1 aliphatic rings. The Morgan fingerprint density at radius 1 is 1.00 bits per heavy atom. The Morgan fingerprint density at radius 3 is 2.07 bits per heavy atom. The number of hydrogen-bond donors (Lipinski definition) is 2. The average molecular weight is 373 g/mol. The predicted molar refractivity (Wildman–Crippen MR) is 97.2 cm³/mol. The van der Waals surface area contributed by atoms with Crippen LogP contribution in [-0.4, -0.2) is 27.9 Å². The number of non-ortho nitro benzene ring substituents is 2. The molecule has 1 aliphatic heterocycles. The topological polar surface area (TPSA) is 128 Å². The largest absolute Gasteiger partial charge is 0.378 e. The van der Waals surface area contributed by atoms with Gasteiger partial charge in [0.1, 0.15) is 0 Å². The Hall–Kier alpha value is -3.04. The summed E-state index contributed by atoms with van der Waals surface area (Å²) >= 11 is 0. The van der Waals surface area contributed by atoms with Crippen LogP contribution in [-0.2, 0) is 4.74 Å². The molecule has 1 heterocycles. The van der Waals surface area contributed by atoms with Crippen LogP contribution in [0.1, 0.15) is 24.4 Å². The van der Waals surface area contributed by atoms with E-state index < -0.39 is 16.1 Å². The third kappa shape index (κ3) is 4.39. The van der Waals surface area contributed by atoms with Gasteiger partial charge in [-0.3, -0.25) is 20.2 Å². The van der Waals surface area contributed by atoms with E-state index in [1.54, 1.807) is 24.3 Å². The van der Waals surface area contributed by atoms with Crippen LogP contribution in [0.15, 0.2) is 48.5 Å². The molecule has 3 rings (SSSR count). The summed E-state index contributed by atoms with van der Waals surface area (Å²) in [4.78, 5) is 20.8. The molecule has 142 valence electrons. The number of nitro groups is 2. The van der Waals surface area contributed by atoms with Crippen molar-refractivity contribution >= 4 is 17.1 Å². The molecule has 0 saturated carbocycles. The summed E-state index contributed by atoms with van der Waals surface area (Å²) in [6.45, 7) is 0.474. The number of aliphatic hydroxyl groups is 1. The third-order valence-corrected chi connectivity index (χ3v) is 4.63. The first-order chi connectivity index (χ1) is 13.0. The smallest absolute Gasteiger partial charge is 0.269 e. The maximum atomic E-state index is 10.9. The van der Waals surface area contributed by atoms with Crippen LogP contribution < -0.4 is 5.32 Å². The van der Waals surface area contributed by atoms with Crippen molar-refractivity contribution in [1.82, 2.24) is 0 Å². The molecule has 1 saturated heterocycles. The maximum Gasteiger partial charge on any atom is 0.269 e. The van der Waals surface area contributed by atoms with Crippen molar-refractivity contribution < 1.29 is 19.7 Å². The third-order valence-electron chi connectivity index (χ3n) is 4.63. The Morgan fingerprint density at radius 2 is 1.56 bits per heavy atom. The zero-order chi connectivity index (χ0) is 19.4. The summed E-state index contributed by atoms with van der Waals surface area (Å²) in [6, 6.07) is 11.7. The number of ether oxygens (including phenoxy) is 1. The number of anilines is 1. The first-order valence-electron chi connectivity index (χ1n) is 8.51. The van der Waals surface area contributed by atoms with Gasteiger partial charge >= 0.3 is 0 Å². The van der Waals surface area contributed by atoms with E-state index in [2.05, 4.69) is 5.32 Å². The molecule has 27 heavy (non-hydrogen) atoms. The molecule has 9 heteroatoms. The zero-order valence-electron chi connectivity index (χ0n) is 14.4. The Balaban J connectivity index is 1.89. The van der Waals surface area contributed by atoms with Gasteiger partial charge in [-0.25, -0.2) is 0 Å². The van der Waals surface area contributed by atoms with Crippen molar-refractivity contribution in [3.63, 3.8) is 0 Å². The number of nitrogens with zero attached hydrogens (tertiary/aromatic N) is 2. The Bertz CT molecular complexity index is 809. The normalized spacial score (nSPS) is 20.6. The van der Waals surface area contributed by atoms with Crippen LogP contribution in [0.5, 0.6) is 0 Å². The van der Waals surface area contributed by atoms with Crippen LogP contribution in [0.3, 0.4) is 0 Å². The van der Waals surface area contributed by atoms with Gasteiger partial charge in [0.15, 0.2) is 6.29 Å². The number of benzene rings is 2. The molecule has 0 radical (unpaired) electrons. The van der Waals surface area contributed by atoms with E-state index >= 15 is 0 Å². The highest BCUT2D eigenvalue weighted by Gasteiger charge is 2.33. The second-order valence-corrected chi connectivity index (χ2v) is 6.34. The maximum absolute atomic E-state index is 10.9. The molecule has 0 unspecified atom stereocenters. The summed E-state index contributed by atoms with van der Waals surface area (Å²) in [6.07, 6.45) is 0.528. The highest BCUT2D eigenvalue weighted by Crippen LogP contribution is 2.35. The van der Waals surface area contributed by atoms with Crippen LogP contribution in [0.4, 0.5) is 17.1 Å². The summed E-state index contributed by atoms with van der Waals surface area (Å²) in [7, 11) is 0. The van der Waals surface area contributed by atoms with Gasteiger partial charge in [-0.1, -0.05) is 12.1 Å². The Kier molecular flexibility index (Phi) is 5.63.